The Morgan fingerprint density at radius 2 is 1.91 bits per heavy atom. The van der Waals surface area contributed by atoms with Crippen molar-refractivity contribution in [2.45, 2.75) is 20.0 Å². The first-order valence-corrected chi connectivity index (χ1v) is 7.28. The van der Waals surface area contributed by atoms with Gasteiger partial charge in [0.25, 0.3) is 0 Å². The van der Waals surface area contributed by atoms with Crippen molar-refractivity contribution in [1.82, 2.24) is 5.32 Å². The minimum Gasteiger partial charge on any atom is -0.504 e. The Hall–Kier alpha value is -2.79. The summed E-state index contributed by atoms with van der Waals surface area (Å²) in [5.74, 6) is -0.314. The molecule has 5 heteroatoms. The topological polar surface area (TPSA) is 82.7 Å². The molecule has 0 bridgehead atoms. The van der Waals surface area contributed by atoms with Gasteiger partial charge in [-0.25, -0.2) is 0 Å². The van der Waals surface area contributed by atoms with Crippen molar-refractivity contribution in [3.8, 4) is 11.5 Å². The first-order chi connectivity index (χ1) is 11.0. The number of benzene rings is 2. The van der Waals surface area contributed by atoms with Crippen LogP contribution in [0.3, 0.4) is 0 Å². The monoisotopic (exact) mass is 311 g/mol. The van der Waals surface area contributed by atoms with E-state index in [1.165, 1.54) is 23.8 Å². The molecule has 0 aliphatic rings. The molecule has 0 radical (unpaired) electrons. The second kappa shape index (κ2) is 6.14. The van der Waals surface area contributed by atoms with E-state index < -0.39 is 5.75 Å². The molecule has 0 fully saturated rings. The second-order valence-corrected chi connectivity index (χ2v) is 5.48. The number of aromatic hydroxyl groups is 2. The Balaban J connectivity index is 1.79. The fourth-order valence-electron chi connectivity index (χ4n) is 2.51. The van der Waals surface area contributed by atoms with E-state index >= 15 is 0 Å². The number of hydrogen-bond acceptors (Lipinski definition) is 5. The zero-order chi connectivity index (χ0) is 16.4. The van der Waals surface area contributed by atoms with Crippen molar-refractivity contribution in [1.29, 1.82) is 0 Å². The summed E-state index contributed by atoms with van der Waals surface area (Å²) in [6.45, 7) is 3.08. The Bertz CT molecular complexity index is 915. The maximum atomic E-state index is 12.1. The molecule has 0 spiro atoms. The van der Waals surface area contributed by atoms with Crippen LogP contribution in [0.25, 0.3) is 11.0 Å². The number of hydrogen-bond donors (Lipinski definition) is 3. The number of aryl methyl sites for hydroxylation is 1. The Kier molecular flexibility index (Phi) is 4.04. The lowest BCUT2D eigenvalue weighted by atomic mass is 10.1. The standard InChI is InChI=1S/C18H17NO4/c1-11-3-2-4-12(7-11)9-19-10-13-8-15(21)17-16(23-13)6-5-14(20)18(17)22/h2-8,19-20,22H,9-10H2,1H3. The second-order valence-electron chi connectivity index (χ2n) is 5.48. The average Bonchev–Trinajstić information content (AvgIpc) is 2.51. The van der Waals surface area contributed by atoms with Crippen LogP contribution in [-0.2, 0) is 13.1 Å². The zero-order valence-corrected chi connectivity index (χ0v) is 12.7. The van der Waals surface area contributed by atoms with Crippen LogP contribution in [0, 0.1) is 6.92 Å². The molecule has 1 aromatic heterocycles. The molecule has 0 aliphatic heterocycles. The van der Waals surface area contributed by atoms with E-state index in [1.807, 2.05) is 25.1 Å². The van der Waals surface area contributed by atoms with Gasteiger partial charge in [-0.05, 0) is 24.6 Å². The van der Waals surface area contributed by atoms with Gasteiger partial charge >= 0.3 is 0 Å². The van der Waals surface area contributed by atoms with E-state index in [0.29, 0.717) is 18.8 Å². The number of nitrogens with one attached hydrogen (secondary N) is 1. The predicted octanol–water partition coefficient (Wildman–Crippen LogP) is 2.80. The predicted molar refractivity (Wildman–Crippen MR) is 87.5 cm³/mol. The average molecular weight is 311 g/mol. The third kappa shape index (κ3) is 3.19. The highest BCUT2D eigenvalue weighted by Crippen LogP contribution is 2.31. The van der Waals surface area contributed by atoms with Crippen LogP contribution in [0.15, 0.2) is 51.7 Å². The largest absolute Gasteiger partial charge is 0.504 e. The summed E-state index contributed by atoms with van der Waals surface area (Å²) < 4.78 is 5.61. The van der Waals surface area contributed by atoms with Crippen LogP contribution in [-0.4, -0.2) is 10.2 Å². The normalized spacial score (nSPS) is 11.0. The van der Waals surface area contributed by atoms with Crippen LogP contribution >= 0.6 is 0 Å². The van der Waals surface area contributed by atoms with Crippen molar-refractivity contribution in [2.24, 2.45) is 0 Å². The van der Waals surface area contributed by atoms with Crippen molar-refractivity contribution in [3.05, 3.63) is 69.6 Å². The molecule has 2 aromatic carbocycles. The number of phenols is 2. The van der Waals surface area contributed by atoms with Gasteiger partial charge in [-0.2, -0.15) is 0 Å². The van der Waals surface area contributed by atoms with E-state index in [1.54, 1.807) is 0 Å². The first-order valence-electron chi connectivity index (χ1n) is 7.28. The molecule has 3 rings (SSSR count). The smallest absolute Gasteiger partial charge is 0.196 e. The van der Waals surface area contributed by atoms with Gasteiger partial charge in [0, 0.05) is 12.6 Å². The van der Waals surface area contributed by atoms with Crippen LogP contribution in [0.4, 0.5) is 0 Å². The fourth-order valence-corrected chi connectivity index (χ4v) is 2.51. The molecule has 23 heavy (non-hydrogen) atoms. The van der Waals surface area contributed by atoms with Gasteiger partial charge in [0.2, 0.25) is 0 Å². The van der Waals surface area contributed by atoms with Crippen LogP contribution in [0.1, 0.15) is 16.9 Å². The quantitative estimate of drug-likeness (QED) is 0.645. The van der Waals surface area contributed by atoms with Gasteiger partial charge in [-0.1, -0.05) is 29.8 Å². The number of fused-ring (bicyclic) bond motifs is 1. The van der Waals surface area contributed by atoms with Gasteiger partial charge in [-0.15, -0.1) is 0 Å². The molecule has 0 saturated heterocycles. The first kappa shape index (κ1) is 15.1. The van der Waals surface area contributed by atoms with Gasteiger partial charge in [0.15, 0.2) is 16.9 Å². The molecule has 118 valence electrons. The van der Waals surface area contributed by atoms with Crippen molar-refractivity contribution in [2.75, 3.05) is 0 Å². The summed E-state index contributed by atoms with van der Waals surface area (Å²) in [5.41, 5.74) is 2.21. The van der Waals surface area contributed by atoms with E-state index in [4.69, 9.17) is 4.42 Å². The minimum atomic E-state index is -0.449. The summed E-state index contributed by atoms with van der Waals surface area (Å²) >= 11 is 0. The highest BCUT2D eigenvalue weighted by Gasteiger charge is 2.12. The van der Waals surface area contributed by atoms with E-state index in [9.17, 15) is 15.0 Å². The van der Waals surface area contributed by atoms with Crippen molar-refractivity contribution >= 4 is 11.0 Å². The molecular formula is C18H17NO4. The molecule has 0 aliphatic carbocycles. The van der Waals surface area contributed by atoms with Gasteiger partial charge in [0.1, 0.15) is 16.7 Å². The highest BCUT2D eigenvalue weighted by molar-refractivity contribution is 5.85. The summed E-state index contributed by atoms with van der Waals surface area (Å²) in [4.78, 5) is 12.1. The molecule has 0 unspecified atom stereocenters. The molecule has 0 atom stereocenters. The maximum absolute atomic E-state index is 12.1. The van der Waals surface area contributed by atoms with Gasteiger partial charge < -0.3 is 19.9 Å². The van der Waals surface area contributed by atoms with E-state index in [2.05, 4.69) is 11.4 Å². The third-order valence-electron chi connectivity index (χ3n) is 3.61. The fraction of sp³-hybridized carbons (Fsp3) is 0.167. The maximum Gasteiger partial charge on any atom is 0.196 e. The lowest BCUT2D eigenvalue weighted by Gasteiger charge is -2.07. The molecule has 3 aromatic rings. The van der Waals surface area contributed by atoms with Crippen LogP contribution < -0.4 is 10.7 Å². The van der Waals surface area contributed by atoms with E-state index in [-0.39, 0.29) is 22.1 Å². The van der Waals surface area contributed by atoms with Crippen molar-refractivity contribution < 1.29 is 14.6 Å². The lowest BCUT2D eigenvalue weighted by Crippen LogP contribution is -2.14. The summed E-state index contributed by atoms with van der Waals surface area (Å²) in [7, 11) is 0. The lowest BCUT2D eigenvalue weighted by molar-refractivity contribution is 0.406. The van der Waals surface area contributed by atoms with Crippen molar-refractivity contribution in [3.63, 3.8) is 0 Å². The summed E-state index contributed by atoms with van der Waals surface area (Å²) in [6, 6.07) is 12.2. The Morgan fingerprint density at radius 3 is 2.70 bits per heavy atom. The Morgan fingerprint density at radius 1 is 1.09 bits per heavy atom. The zero-order valence-electron chi connectivity index (χ0n) is 12.7. The summed E-state index contributed by atoms with van der Waals surface area (Å²) in [6.07, 6.45) is 0. The molecule has 3 N–H and O–H groups in total. The molecule has 0 saturated carbocycles. The molecule has 0 amide bonds. The minimum absolute atomic E-state index is 0.00701. The number of phenolic OH excluding ortho intramolecular Hbond substituents is 2. The summed E-state index contributed by atoms with van der Waals surface area (Å²) in [5, 5.41) is 22.4. The third-order valence-corrected chi connectivity index (χ3v) is 3.61. The van der Waals surface area contributed by atoms with Crippen LogP contribution in [0.2, 0.25) is 0 Å². The van der Waals surface area contributed by atoms with Gasteiger partial charge in [-0.3, -0.25) is 4.79 Å². The Labute approximate surface area is 132 Å². The molecule has 5 nitrogen and oxygen atoms in total. The highest BCUT2D eigenvalue weighted by atomic mass is 16.3. The number of rotatable bonds is 4. The van der Waals surface area contributed by atoms with E-state index in [0.717, 1.165) is 5.56 Å². The SMILES string of the molecule is Cc1cccc(CNCc2cc(=O)c3c(O)c(O)ccc3o2)c1. The molecule has 1 heterocycles. The molecular weight excluding hydrogens is 294 g/mol. The van der Waals surface area contributed by atoms with Gasteiger partial charge in [0.05, 0.1) is 6.54 Å². The van der Waals surface area contributed by atoms with Crippen LogP contribution in [0.5, 0.6) is 11.5 Å².